The van der Waals surface area contributed by atoms with Crippen LogP contribution in [0.4, 0.5) is 0 Å². The van der Waals surface area contributed by atoms with E-state index in [1.807, 2.05) is 25.1 Å². The molecule has 0 bridgehead atoms. The van der Waals surface area contributed by atoms with Crippen molar-refractivity contribution in [3.05, 3.63) is 61.2 Å². The fourth-order valence-electron chi connectivity index (χ4n) is 1.46. The minimum Gasteiger partial charge on any atom is -0.494 e. The van der Waals surface area contributed by atoms with E-state index in [4.69, 9.17) is 9.26 Å². The molecule has 2 rings (SSSR count). The summed E-state index contributed by atoms with van der Waals surface area (Å²) in [6.07, 6.45) is 2.66. The Kier molecular flexibility index (Phi) is 11.5. The summed E-state index contributed by atoms with van der Waals surface area (Å²) >= 11 is 0. The average molecular weight is 511 g/mol. The monoisotopic (exact) mass is 511 g/mol. The molecule has 0 aliphatic carbocycles. The topological polar surface area (TPSA) is 35.3 Å². The van der Waals surface area contributed by atoms with E-state index in [9.17, 15) is 0 Å². The molecule has 3 nitrogen and oxygen atoms in total. The molecule has 0 aliphatic heterocycles. The Morgan fingerprint density at radius 1 is 1.14 bits per heavy atom. The molecule has 0 saturated carbocycles. The smallest absolute Gasteiger partial charge is 0.494 e. The summed E-state index contributed by atoms with van der Waals surface area (Å²) in [5, 5.41) is 3.70. The Hall–Kier alpha value is -0.718. The van der Waals surface area contributed by atoms with Gasteiger partial charge in [0.25, 0.3) is 0 Å². The molecule has 112 valence electrons. The Morgan fingerprint density at radius 2 is 1.81 bits per heavy atom. The molecule has 0 unspecified atom stereocenters. The van der Waals surface area contributed by atoms with Gasteiger partial charge in [0.2, 0.25) is 0 Å². The second-order valence-corrected chi connectivity index (χ2v) is 4.55. The van der Waals surface area contributed by atoms with Crippen LogP contribution in [0, 0.1) is 58.8 Å². The van der Waals surface area contributed by atoms with Crippen LogP contribution in [-0.4, -0.2) is 11.8 Å². The first kappa shape index (κ1) is 20.3. The van der Waals surface area contributed by atoms with Crippen LogP contribution in [0.15, 0.2) is 34.9 Å². The number of hydrogen-bond acceptors (Lipinski definition) is 3. The fraction of sp³-hybridized carbons (Fsp3) is 0.353. The molecule has 0 saturated heterocycles. The zero-order valence-electron chi connectivity index (χ0n) is 12.9. The molecule has 0 fully saturated rings. The van der Waals surface area contributed by atoms with Crippen LogP contribution < -0.4 is 4.74 Å². The Balaban J connectivity index is 0.000000390. The Morgan fingerprint density at radius 3 is 2.24 bits per heavy atom. The zero-order valence-corrected chi connectivity index (χ0v) is 17.1. The summed E-state index contributed by atoms with van der Waals surface area (Å²) in [4.78, 5) is 0. The average Bonchev–Trinajstić information content (AvgIpc) is 2.88. The standard InChI is InChI=1S/C11H15O.C6H8NO.U/c1-3-4-9-12-11-7-5-10(2)6-8-11;1-3-6-4-5(2)8-7-6;/h5-8H,1,3-4,9H2,2H3;4H,1,3H2,2H3;/q2*-1;+2. The molecule has 0 aliphatic rings. The van der Waals surface area contributed by atoms with Gasteiger partial charge in [-0.25, -0.2) is 0 Å². The van der Waals surface area contributed by atoms with Crippen molar-refractivity contribution >= 4 is 0 Å². The third-order valence-electron chi connectivity index (χ3n) is 2.62. The summed E-state index contributed by atoms with van der Waals surface area (Å²) < 4.78 is 10.2. The van der Waals surface area contributed by atoms with E-state index in [1.54, 1.807) is 0 Å². The third-order valence-corrected chi connectivity index (χ3v) is 2.62. The Labute approximate surface area is 151 Å². The Bertz CT molecular complexity index is 480. The van der Waals surface area contributed by atoms with E-state index in [0.717, 1.165) is 36.7 Å². The first-order chi connectivity index (χ1) is 9.65. The van der Waals surface area contributed by atoms with Crippen molar-refractivity contribution in [3.8, 4) is 5.75 Å². The van der Waals surface area contributed by atoms with Crippen LogP contribution >= 0.6 is 0 Å². The van der Waals surface area contributed by atoms with Gasteiger partial charge in [0.15, 0.2) is 0 Å². The van der Waals surface area contributed by atoms with Gasteiger partial charge < -0.3 is 23.1 Å². The number of unbranched alkanes of at least 4 members (excludes halogenated alkanes) is 1. The van der Waals surface area contributed by atoms with Crippen LogP contribution in [0.25, 0.3) is 0 Å². The molecule has 0 radical (unpaired) electrons. The largest absolute Gasteiger partial charge is 2.00 e. The van der Waals surface area contributed by atoms with Crippen LogP contribution in [0.5, 0.6) is 5.75 Å². The predicted octanol–water partition coefficient (Wildman–Crippen LogP) is 4.35. The van der Waals surface area contributed by atoms with Crippen molar-refractivity contribution in [2.75, 3.05) is 6.61 Å². The quantitative estimate of drug-likeness (QED) is 0.443. The molecule has 0 N–H and O–H groups in total. The molecule has 4 heteroatoms. The number of hydrogen-bond donors (Lipinski definition) is 0. The van der Waals surface area contributed by atoms with Gasteiger partial charge in [0, 0.05) is 6.07 Å². The summed E-state index contributed by atoms with van der Waals surface area (Å²) in [6.45, 7) is 12.1. The summed E-state index contributed by atoms with van der Waals surface area (Å²) in [5.74, 6) is 1.80. The number of aryl methyl sites for hydroxylation is 2. The van der Waals surface area contributed by atoms with Crippen molar-refractivity contribution in [3.63, 3.8) is 0 Å². The molecule has 0 spiro atoms. The maximum absolute atomic E-state index is 5.46. The van der Waals surface area contributed by atoms with E-state index in [2.05, 4.69) is 38.1 Å². The van der Waals surface area contributed by atoms with Crippen molar-refractivity contribution in [1.29, 1.82) is 0 Å². The second-order valence-electron chi connectivity index (χ2n) is 4.55. The van der Waals surface area contributed by atoms with Crippen molar-refractivity contribution in [2.45, 2.75) is 33.1 Å². The number of ether oxygens (including phenoxy) is 1. The van der Waals surface area contributed by atoms with Crippen LogP contribution in [0.2, 0.25) is 0 Å². The van der Waals surface area contributed by atoms with Crippen molar-refractivity contribution in [1.82, 2.24) is 5.16 Å². The van der Waals surface area contributed by atoms with Crippen LogP contribution in [-0.2, 0) is 6.42 Å². The molecule has 21 heavy (non-hydrogen) atoms. The molecule has 1 aromatic carbocycles. The van der Waals surface area contributed by atoms with E-state index in [1.165, 1.54) is 5.56 Å². The summed E-state index contributed by atoms with van der Waals surface area (Å²) in [5.41, 5.74) is 2.18. The first-order valence-corrected chi connectivity index (χ1v) is 6.86. The first-order valence-electron chi connectivity index (χ1n) is 6.86. The van der Waals surface area contributed by atoms with Gasteiger partial charge in [-0.15, -0.1) is 6.42 Å². The van der Waals surface area contributed by atoms with Gasteiger partial charge in [-0.3, -0.25) is 0 Å². The number of benzene rings is 1. The molecule has 0 atom stereocenters. The van der Waals surface area contributed by atoms with Crippen LogP contribution in [0.1, 0.15) is 29.9 Å². The van der Waals surface area contributed by atoms with Gasteiger partial charge in [-0.2, -0.15) is 6.42 Å². The van der Waals surface area contributed by atoms with Gasteiger partial charge in [-0.1, -0.05) is 22.9 Å². The van der Waals surface area contributed by atoms with Gasteiger partial charge in [0.05, 0.1) is 12.3 Å². The molecule has 2 aromatic rings. The van der Waals surface area contributed by atoms with Crippen molar-refractivity contribution < 1.29 is 40.4 Å². The van der Waals surface area contributed by atoms with E-state index in [-0.39, 0.29) is 31.1 Å². The molecular formula is C17H23NO2U. The maximum Gasteiger partial charge on any atom is 2.00 e. The van der Waals surface area contributed by atoms with E-state index in [0.29, 0.717) is 6.42 Å². The molecule has 0 amide bonds. The molecule has 1 aromatic heterocycles. The fourth-order valence-corrected chi connectivity index (χ4v) is 1.46. The summed E-state index contributed by atoms with van der Waals surface area (Å²) in [7, 11) is 0. The minimum atomic E-state index is 0. The normalized spacial score (nSPS) is 9.33. The molecule has 1 heterocycles. The third kappa shape index (κ3) is 9.01. The minimum absolute atomic E-state index is 0. The SMILES string of the molecule is [CH2-]CCCOc1ccc(C)cc1.[CH2-]Cc1cc(C)on1.[U+2]. The van der Waals surface area contributed by atoms with E-state index >= 15 is 0 Å². The van der Waals surface area contributed by atoms with Gasteiger partial charge >= 0.3 is 31.1 Å². The van der Waals surface area contributed by atoms with Crippen LogP contribution in [0.3, 0.4) is 0 Å². The zero-order chi connectivity index (χ0) is 14.8. The molecular weight excluding hydrogens is 488 g/mol. The van der Waals surface area contributed by atoms with Crippen molar-refractivity contribution in [2.24, 2.45) is 0 Å². The second kappa shape index (κ2) is 11.9. The van der Waals surface area contributed by atoms with Gasteiger partial charge in [-0.05, 0) is 32.4 Å². The number of aromatic nitrogens is 1. The number of rotatable bonds is 5. The van der Waals surface area contributed by atoms with E-state index < -0.39 is 0 Å². The number of nitrogens with zero attached hydrogens (tertiary/aromatic N) is 1. The predicted molar refractivity (Wildman–Crippen MR) is 81.6 cm³/mol. The maximum atomic E-state index is 5.46. The van der Waals surface area contributed by atoms with Gasteiger partial charge in [0.1, 0.15) is 11.5 Å². The summed E-state index contributed by atoms with van der Waals surface area (Å²) in [6, 6.07) is 9.99.